The van der Waals surface area contributed by atoms with Gasteiger partial charge in [-0.3, -0.25) is 4.90 Å². The monoisotopic (exact) mass is 422 g/mol. The fourth-order valence-corrected chi connectivity index (χ4v) is 3.46. The van der Waals surface area contributed by atoms with Crippen LogP contribution in [-0.4, -0.2) is 68.3 Å². The van der Waals surface area contributed by atoms with Crippen LogP contribution in [-0.2, 0) is 13.0 Å². The molecule has 0 aliphatic carbocycles. The number of benzene rings is 1. The largest absolute Gasteiger partial charge is 0.488 e. The minimum atomic E-state index is -0.695. The quantitative estimate of drug-likeness (QED) is 0.528. The summed E-state index contributed by atoms with van der Waals surface area (Å²) in [5, 5.41) is 22.4. The average Bonchev–Trinajstić information content (AvgIpc) is 3.40. The normalized spacial score (nSPS) is 15.2. The van der Waals surface area contributed by atoms with Crippen molar-refractivity contribution in [1.82, 2.24) is 19.6 Å². The highest BCUT2D eigenvalue weighted by Gasteiger charge is 2.29. The number of hydrogen-bond acceptors (Lipinski definition) is 7. The fourth-order valence-electron chi connectivity index (χ4n) is 3.46. The van der Waals surface area contributed by atoms with Crippen molar-refractivity contribution >= 4 is 0 Å². The molecule has 1 aliphatic heterocycles. The zero-order valence-electron chi connectivity index (χ0n) is 17.4. The number of likely N-dealkylation sites (tertiary alicyclic amines) is 1. The van der Waals surface area contributed by atoms with Crippen LogP contribution in [0.25, 0.3) is 0 Å². The van der Waals surface area contributed by atoms with Gasteiger partial charge < -0.3 is 24.0 Å². The molecule has 0 spiro atoms. The van der Waals surface area contributed by atoms with Crippen LogP contribution in [0.2, 0.25) is 0 Å². The van der Waals surface area contributed by atoms with Gasteiger partial charge in [0, 0.05) is 50.1 Å². The minimum absolute atomic E-state index is 0.0964. The SMILES string of the molecule is CCc1nccn1Cc1cc(C#Cc2ccc(OC3CN(CC(O)CO)C3)cc2)on1. The van der Waals surface area contributed by atoms with Crippen LogP contribution in [0.5, 0.6) is 5.75 Å². The second kappa shape index (κ2) is 9.79. The van der Waals surface area contributed by atoms with Gasteiger partial charge in [0.2, 0.25) is 5.76 Å². The molecule has 162 valence electrons. The Morgan fingerprint density at radius 1 is 1.26 bits per heavy atom. The molecule has 3 aromatic rings. The first-order chi connectivity index (χ1) is 15.1. The van der Waals surface area contributed by atoms with Crippen LogP contribution in [0.3, 0.4) is 0 Å². The highest BCUT2D eigenvalue weighted by molar-refractivity contribution is 5.42. The van der Waals surface area contributed by atoms with Gasteiger partial charge in [0.25, 0.3) is 0 Å². The van der Waals surface area contributed by atoms with E-state index in [9.17, 15) is 5.11 Å². The highest BCUT2D eigenvalue weighted by Crippen LogP contribution is 2.19. The maximum absolute atomic E-state index is 9.45. The average molecular weight is 422 g/mol. The van der Waals surface area contributed by atoms with E-state index in [0.717, 1.165) is 42.3 Å². The molecule has 0 amide bonds. The van der Waals surface area contributed by atoms with E-state index in [2.05, 4.69) is 28.9 Å². The summed E-state index contributed by atoms with van der Waals surface area (Å²) in [5.41, 5.74) is 1.66. The van der Waals surface area contributed by atoms with E-state index in [1.54, 1.807) is 6.20 Å². The molecular weight excluding hydrogens is 396 g/mol. The summed E-state index contributed by atoms with van der Waals surface area (Å²) in [7, 11) is 0. The van der Waals surface area contributed by atoms with Crippen molar-refractivity contribution in [3.05, 3.63) is 65.6 Å². The lowest BCUT2D eigenvalue weighted by Gasteiger charge is -2.39. The Labute approximate surface area is 181 Å². The number of aromatic nitrogens is 3. The molecule has 1 atom stereocenters. The van der Waals surface area contributed by atoms with Crippen LogP contribution >= 0.6 is 0 Å². The molecular formula is C23H26N4O4. The summed E-state index contributed by atoms with van der Waals surface area (Å²) in [6.45, 7) is 4.41. The summed E-state index contributed by atoms with van der Waals surface area (Å²) in [4.78, 5) is 6.36. The molecule has 1 unspecified atom stereocenters. The van der Waals surface area contributed by atoms with Crippen molar-refractivity contribution in [2.45, 2.75) is 32.1 Å². The Hall–Kier alpha value is -3.12. The van der Waals surface area contributed by atoms with E-state index in [1.807, 2.05) is 46.0 Å². The van der Waals surface area contributed by atoms with E-state index in [0.29, 0.717) is 18.8 Å². The molecule has 1 aromatic carbocycles. The lowest BCUT2D eigenvalue weighted by Crippen LogP contribution is -2.56. The van der Waals surface area contributed by atoms with Gasteiger partial charge in [-0.15, -0.1) is 0 Å². The summed E-state index contributed by atoms with van der Waals surface area (Å²) >= 11 is 0. The van der Waals surface area contributed by atoms with Gasteiger partial charge in [-0.05, 0) is 30.2 Å². The maximum Gasteiger partial charge on any atom is 0.210 e. The van der Waals surface area contributed by atoms with Crippen molar-refractivity contribution in [1.29, 1.82) is 0 Å². The van der Waals surface area contributed by atoms with Gasteiger partial charge >= 0.3 is 0 Å². The molecule has 1 saturated heterocycles. The van der Waals surface area contributed by atoms with Gasteiger partial charge in [0.05, 0.1) is 19.3 Å². The van der Waals surface area contributed by atoms with Crippen molar-refractivity contribution in [3.8, 4) is 17.6 Å². The third-order valence-corrected chi connectivity index (χ3v) is 5.10. The van der Waals surface area contributed by atoms with Crippen LogP contribution < -0.4 is 4.74 Å². The summed E-state index contributed by atoms with van der Waals surface area (Å²) in [5.74, 6) is 8.40. The molecule has 1 aliphatic rings. The first-order valence-electron chi connectivity index (χ1n) is 10.4. The lowest BCUT2D eigenvalue weighted by molar-refractivity contribution is -0.0201. The van der Waals surface area contributed by atoms with Gasteiger partial charge in [0.15, 0.2) is 0 Å². The molecule has 0 bridgehead atoms. The Balaban J connectivity index is 1.28. The lowest BCUT2D eigenvalue weighted by atomic mass is 10.1. The fraction of sp³-hybridized carbons (Fsp3) is 0.391. The number of aryl methyl sites for hydroxylation is 1. The van der Waals surface area contributed by atoms with Gasteiger partial charge in [-0.25, -0.2) is 4.98 Å². The predicted molar refractivity (Wildman–Crippen MR) is 114 cm³/mol. The van der Waals surface area contributed by atoms with Gasteiger partial charge in [0.1, 0.15) is 23.4 Å². The molecule has 2 aromatic heterocycles. The topological polar surface area (TPSA) is 96.8 Å². The third-order valence-electron chi connectivity index (χ3n) is 5.10. The van der Waals surface area contributed by atoms with Crippen molar-refractivity contribution in [3.63, 3.8) is 0 Å². The first kappa shape index (κ1) is 21.1. The molecule has 31 heavy (non-hydrogen) atoms. The van der Waals surface area contributed by atoms with Crippen molar-refractivity contribution in [2.24, 2.45) is 0 Å². The second-order valence-electron chi connectivity index (χ2n) is 7.58. The summed E-state index contributed by atoms with van der Waals surface area (Å²) < 4.78 is 13.3. The number of hydrogen-bond donors (Lipinski definition) is 2. The maximum atomic E-state index is 9.45. The Morgan fingerprint density at radius 2 is 2.06 bits per heavy atom. The van der Waals surface area contributed by atoms with E-state index >= 15 is 0 Å². The Kier molecular flexibility index (Phi) is 6.67. The molecule has 8 heteroatoms. The number of imidazole rings is 1. The van der Waals surface area contributed by atoms with Gasteiger partial charge in [-0.2, -0.15) is 0 Å². The number of β-amino-alcohol motifs (C(OH)–C–C–N with tert-alkyl or cyclic N) is 1. The van der Waals surface area contributed by atoms with Crippen LogP contribution in [0, 0.1) is 11.8 Å². The summed E-state index contributed by atoms with van der Waals surface area (Å²) in [6, 6.07) is 9.45. The summed E-state index contributed by atoms with van der Waals surface area (Å²) in [6.07, 6.45) is 3.99. The molecule has 3 heterocycles. The minimum Gasteiger partial charge on any atom is -0.488 e. The molecule has 8 nitrogen and oxygen atoms in total. The van der Waals surface area contributed by atoms with Crippen molar-refractivity contribution < 1.29 is 19.5 Å². The Morgan fingerprint density at radius 3 is 2.81 bits per heavy atom. The zero-order valence-corrected chi connectivity index (χ0v) is 17.4. The number of aliphatic hydroxyl groups is 2. The van der Waals surface area contributed by atoms with E-state index in [1.165, 1.54) is 0 Å². The molecule has 1 fully saturated rings. The number of ether oxygens (including phenoxy) is 1. The first-order valence-corrected chi connectivity index (χ1v) is 10.4. The smallest absolute Gasteiger partial charge is 0.210 e. The van der Waals surface area contributed by atoms with E-state index in [4.69, 9.17) is 14.4 Å². The van der Waals surface area contributed by atoms with Crippen molar-refractivity contribution in [2.75, 3.05) is 26.2 Å². The van der Waals surface area contributed by atoms with E-state index < -0.39 is 6.10 Å². The van der Waals surface area contributed by atoms with Gasteiger partial charge in [-0.1, -0.05) is 18.0 Å². The molecule has 4 rings (SSSR count). The number of aliphatic hydroxyl groups excluding tert-OH is 2. The highest BCUT2D eigenvalue weighted by atomic mass is 16.5. The molecule has 0 saturated carbocycles. The van der Waals surface area contributed by atoms with Crippen LogP contribution in [0.1, 0.15) is 29.8 Å². The van der Waals surface area contributed by atoms with Crippen LogP contribution in [0.4, 0.5) is 0 Å². The Bertz CT molecular complexity index is 1040. The van der Waals surface area contributed by atoms with Crippen LogP contribution in [0.15, 0.2) is 47.2 Å². The number of nitrogens with zero attached hydrogens (tertiary/aromatic N) is 4. The molecule has 0 radical (unpaired) electrons. The standard InChI is InChI=1S/C23H26N4O4/c1-2-23-24-9-10-27(23)12-18-11-21(31-25-18)8-5-17-3-6-20(7-4-17)30-22-14-26(15-22)13-19(29)16-28/h3-4,6-7,9-11,19,22,28-29H,2,12-16H2,1H3. The third kappa shape index (κ3) is 5.52. The predicted octanol–water partition coefficient (Wildman–Crippen LogP) is 1.30. The van der Waals surface area contributed by atoms with E-state index in [-0.39, 0.29) is 12.7 Å². The second-order valence-corrected chi connectivity index (χ2v) is 7.58. The number of rotatable bonds is 8. The zero-order chi connectivity index (χ0) is 21.6. The molecule has 2 N–H and O–H groups in total.